The Morgan fingerprint density at radius 3 is 1.73 bits per heavy atom. The molecular formula is C56H60N8. The zero-order valence-corrected chi connectivity index (χ0v) is 38.6. The minimum atomic E-state index is -0.443. The van der Waals surface area contributed by atoms with Crippen molar-refractivity contribution in [2.75, 3.05) is 19.6 Å². The highest BCUT2D eigenvalue weighted by Crippen LogP contribution is 2.58. The third-order valence-corrected chi connectivity index (χ3v) is 14.9. The predicted octanol–water partition coefficient (Wildman–Crippen LogP) is 13.8. The van der Waals surface area contributed by atoms with Gasteiger partial charge in [-0.2, -0.15) is 0 Å². The molecule has 0 bridgehead atoms. The Hall–Kier alpha value is -6.54. The molecule has 324 valence electrons. The zero-order valence-electron chi connectivity index (χ0n) is 38.6. The van der Waals surface area contributed by atoms with Crippen LogP contribution >= 0.6 is 0 Å². The lowest BCUT2D eigenvalue weighted by molar-refractivity contribution is 0.344. The molecule has 5 aromatic carbocycles. The van der Waals surface area contributed by atoms with Gasteiger partial charge in [-0.25, -0.2) is 19.9 Å². The van der Waals surface area contributed by atoms with E-state index in [1.165, 1.54) is 11.1 Å². The Labute approximate surface area is 379 Å². The molecule has 3 aliphatic rings. The van der Waals surface area contributed by atoms with Gasteiger partial charge in [-0.15, -0.1) is 6.58 Å². The summed E-state index contributed by atoms with van der Waals surface area (Å²) in [6, 6.07) is 43.4. The van der Waals surface area contributed by atoms with Crippen LogP contribution < -0.4 is 19.6 Å². The number of para-hydroxylation sites is 6. The van der Waals surface area contributed by atoms with E-state index in [4.69, 9.17) is 26.5 Å². The SMILES string of the molecule is C=CC(C)C(C)C(C)N1c2nc3ccccc3nc2N2c3ccc(C(C)(C)C)cc3C(CC)(CC)CC(=C)c3ccccc3N3c4nc5ccccc5nc4N(c4ccccc4)C3C21. The average Bonchev–Trinajstić information content (AvgIpc) is 3.81. The van der Waals surface area contributed by atoms with Crippen molar-refractivity contribution in [2.24, 2.45) is 11.8 Å². The lowest BCUT2D eigenvalue weighted by Crippen LogP contribution is -2.62. The maximum atomic E-state index is 5.70. The molecule has 0 fully saturated rings. The minimum Gasteiger partial charge on any atom is -0.326 e. The Kier molecular flexibility index (Phi) is 10.1. The molecule has 2 aromatic heterocycles. The largest absolute Gasteiger partial charge is 0.326 e. The van der Waals surface area contributed by atoms with Crippen LogP contribution in [-0.2, 0) is 10.8 Å². The summed E-state index contributed by atoms with van der Waals surface area (Å²) < 4.78 is 0. The third-order valence-electron chi connectivity index (χ3n) is 14.9. The standard InChI is InChI=1S/C56H60N8/c1-11-35(4)37(6)38(7)61-49-51(59-45-28-20-18-26-43(45)57-49)64-48-32-31-39(55(8,9)10)33-42(48)56(12-2,13-3)34-36(5)41-25-17-22-30-47(41)63-52-50(58-44-27-19-21-29-46(44)60-52)62(54(63)53(61)64)40-23-15-14-16-24-40/h11,14-33,35,37-38,53-54H,1,5,12-13,34H2,2-4,6-10H3. The van der Waals surface area contributed by atoms with Crippen LogP contribution in [0.15, 0.2) is 141 Å². The van der Waals surface area contributed by atoms with Crippen LogP contribution in [-0.4, -0.2) is 38.3 Å². The first-order chi connectivity index (χ1) is 30.9. The molecule has 8 nitrogen and oxygen atoms in total. The van der Waals surface area contributed by atoms with E-state index in [0.717, 1.165) is 92.8 Å². The van der Waals surface area contributed by atoms with Gasteiger partial charge in [0, 0.05) is 28.4 Å². The number of hydrogen-bond acceptors (Lipinski definition) is 8. The molecule has 0 radical (unpaired) electrons. The van der Waals surface area contributed by atoms with Crippen molar-refractivity contribution in [3.63, 3.8) is 0 Å². The fraction of sp³-hybridized carbons (Fsp3) is 0.321. The number of rotatable bonds is 7. The second kappa shape index (κ2) is 15.6. The van der Waals surface area contributed by atoms with E-state index in [2.05, 4.69) is 197 Å². The van der Waals surface area contributed by atoms with Gasteiger partial charge in [-0.05, 0) is 109 Å². The van der Waals surface area contributed by atoms with E-state index in [-0.39, 0.29) is 28.7 Å². The Morgan fingerprint density at radius 2 is 1.16 bits per heavy atom. The van der Waals surface area contributed by atoms with Crippen LogP contribution in [0.2, 0.25) is 0 Å². The fourth-order valence-electron chi connectivity index (χ4n) is 10.7. The lowest BCUT2D eigenvalue weighted by Gasteiger charge is -2.47. The van der Waals surface area contributed by atoms with E-state index in [1.54, 1.807) is 0 Å². The minimum absolute atomic E-state index is 0.0184. The molecule has 3 aliphatic heterocycles. The van der Waals surface area contributed by atoms with Crippen molar-refractivity contribution >= 4 is 68.0 Å². The highest BCUT2D eigenvalue weighted by Gasteiger charge is 2.56. The number of nitrogens with zero attached hydrogens (tertiary/aromatic N) is 8. The van der Waals surface area contributed by atoms with Crippen molar-refractivity contribution in [1.82, 2.24) is 19.9 Å². The molecule has 7 aromatic rings. The van der Waals surface area contributed by atoms with Crippen LogP contribution in [0.1, 0.15) is 91.3 Å². The van der Waals surface area contributed by atoms with Crippen molar-refractivity contribution in [3.8, 4) is 0 Å². The topological polar surface area (TPSA) is 64.5 Å². The summed E-state index contributed by atoms with van der Waals surface area (Å²) in [5, 5.41) is 0. The number of allylic oxidation sites excluding steroid dienone is 2. The van der Waals surface area contributed by atoms with Crippen molar-refractivity contribution in [2.45, 2.75) is 104 Å². The van der Waals surface area contributed by atoms with Crippen LogP contribution in [0.25, 0.3) is 27.6 Å². The Morgan fingerprint density at radius 1 is 0.641 bits per heavy atom. The molecule has 5 atom stereocenters. The maximum absolute atomic E-state index is 5.70. The molecule has 0 N–H and O–H groups in total. The highest BCUT2D eigenvalue weighted by molar-refractivity contribution is 5.95. The number of anilines is 7. The number of fused-ring (bicyclic) bond motifs is 13. The smallest absolute Gasteiger partial charge is 0.179 e. The van der Waals surface area contributed by atoms with Crippen molar-refractivity contribution < 1.29 is 0 Å². The Bertz CT molecular complexity index is 2930. The van der Waals surface area contributed by atoms with Gasteiger partial charge >= 0.3 is 0 Å². The van der Waals surface area contributed by atoms with E-state index in [0.29, 0.717) is 0 Å². The molecule has 5 unspecified atom stereocenters. The van der Waals surface area contributed by atoms with Gasteiger partial charge in [0.25, 0.3) is 0 Å². The molecule has 10 rings (SSSR count). The quantitative estimate of drug-likeness (QED) is 0.147. The van der Waals surface area contributed by atoms with E-state index in [9.17, 15) is 0 Å². The molecule has 0 amide bonds. The third kappa shape index (κ3) is 6.39. The number of benzene rings is 5. The molecule has 0 saturated carbocycles. The first-order valence-corrected chi connectivity index (χ1v) is 23.2. The zero-order chi connectivity index (χ0) is 44.7. The summed E-state index contributed by atoms with van der Waals surface area (Å²) in [4.78, 5) is 32.6. The lowest BCUT2D eigenvalue weighted by atomic mass is 9.68. The number of aromatic nitrogens is 4. The van der Waals surface area contributed by atoms with Crippen LogP contribution in [0.4, 0.5) is 40.3 Å². The number of hydrogen-bond donors (Lipinski definition) is 0. The van der Waals surface area contributed by atoms with Crippen molar-refractivity contribution in [3.05, 3.63) is 157 Å². The second-order valence-corrected chi connectivity index (χ2v) is 19.4. The predicted molar refractivity (Wildman–Crippen MR) is 267 cm³/mol. The Balaban J connectivity index is 1.40. The van der Waals surface area contributed by atoms with Gasteiger partial charge in [0.2, 0.25) is 0 Å². The van der Waals surface area contributed by atoms with E-state index in [1.807, 2.05) is 12.1 Å². The summed E-state index contributed by atoms with van der Waals surface area (Å²) in [7, 11) is 0. The molecule has 0 spiro atoms. The normalized spacial score (nSPS) is 19.2. The van der Waals surface area contributed by atoms with Crippen LogP contribution in [0, 0.1) is 11.8 Å². The van der Waals surface area contributed by atoms with E-state index < -0.39 is 12.3 Å². The first-order valence-electron chi connectivity index (χ1n) is 23.2. The van der Waals surface area contributed by atoms with E-state index >= 15 is 0 Å². The van der Waals surface area contributed by atoms with Gasteiger partial charge in [-0.3, -0.25) is 14.7 Å². The highest BCUT2D eigenvalue weighted by atomic mass is 15.6. The van der Waals surface area contributed by atoms with Crippen LogP contribution in [0.3, 0.4) is 0 Å². The summed E-state index contributed by atoms with van der Waals surface area (Å²) in [6.07, 6.45) is 3.87. The summed E-state index contributed by atoms with van der Waals surface area (Å²) >= 11 is 0. The molecule has 5 heterocycles. The molecule has 0 saturated heterocycles. The summed E-state index contributed by atoms with van der Waals surface area (Å²) in [5.41, 5.74) is 11.1. The summed E-state index contributed by atoms with van der Waals surface area (Å²) in [6.45, 7) is 28.0. The fourth-order valence-corrected chi connectivity index (χ4v) is 10.7. The van der Waals surface area contributed by atoms with Crippen LogP contribution in [0.5, 0.6) is 0 Å². The first kappa shape index (κ1) is 41.5. The molecular weight excluding hydrogens is 785 g/mol. The monoisotopic (exact) mass is 844 g/mol. The van der Waals surface area contributed by atoms with Gasteiger partial charge in [0.1, 0.15) is 6.17 Å². The van der Waals surface area contributed by atoms with Gasteiger partial charge in [0.15, 0.2) is 29.4 Å². The summed E-state index contributed by atoms with van der Waals surface area (Å²) in [5.74, 6) is 3.73. The van der Waals surface area contributed by atoms with Crippen molar-refractivity contribution in [1.29, 1.82) is 0 Å². The van der Waals surface area contributed by atoms with Gasteiger partial charge in [0.05, 0.1) is 27.8 Å². The molecule has 64 heavy (non-hydrogen) atoms. The van der Waals surface area contributed by atoms with Gasteiger partial charge < -0.3 is 4.90 Å². The second-order valence-electron chi connectivity index (χ2n) is 19.4. The van der Waals surface area contributed by atoms with Gasteiger partial charge in [-0.1, -0.05) is 134 Å². The maximum Gasteiger partial charge on any atom is 0.179 e. The molecule has 8 heteroatoms. The average molecular weight is 845 g/mol. The molecule has 0 aliphatic carbocycles.